The number of rotatable bonds is 6. The van der Waals surface area contributed by atoms with Crippen LogP contribution < -0.4 is 11.1 Å². The molecule has 0 aliphatic carbocycles. The van der Waals surface area contributed by atoms with Crippen molar-refractivity contribution in [2.45, 2.75) is 37.8 Å². The van der Waals surface area contributed by atoms with Gasteiger partial charge < -0.3 is 11.1 Å². The average molecular weight is 397 g/mol. The first-order chi connectivity index (χ1) is 11.7. The Morgan fingerprint density at radius 2 is 1.73 bits per heavy atom. The quantitative estimate of drug-likeness (QED) is 0.783. The maximum absolute atomic E-state index is 12.3. The van der Waals surface area contributed by atoms with E-state index in [9.17, 15) is 13.2 Å². The fourth-order valence-corrected chi connectivity index (χ4v) is 3.26. The van der Waals surface area contributed by atoms with Gasteiger partial charge in [-0.1, -0.05) is 42.0 Å². The Kier molecular flexibility index (Phi) is 7.81. The van der Waals surface area contributed by atoms with Crippen LogP contribution in [0.4, 0.5) is 5.69 Å². The van der Waals surface area contributed by atoms with Crippen molar-refractivity contribution < 1.29 is 13.2 Å². The van der Waals surface area contributed by atoms with Crippen LogP contribution in [0.1, 0.15) is 36.6 Å². The number of nitrogens with one attached hydrogen (secondary N) is 1. The Hall–Kier alpha value is -1.89. The molecule has 0 aliphatic rings. The van der Waals surface area contributed by atoms with Crippen LogP contribution >= 0.6 is 12.4 Å². The van der Waals surface area contributed by atoms with Crippen LogP contribution in [-0.4, -0.2) is 19.6 Å². The van der Waals surface area contributed by atoms with Gasteiger partial charge in [-0.05, 0) is 44.0 Å². The summed E-state index contributed by atoms with van der Waals surface area (Å²) in [5.74, 6) is -0.397. The van der Waals surface area contributed by atoms with Gasteiger partial charge >= 0.3 is 0 Å². The maximum Gasteiger partial charge on any atom is 0.245 e. The molecule has 0 bridgehead atoms. The predicted molar refractivity (Wildman–Crippen MR) is 108 cm³/mol. The van der Waals surface area contributed by atoms with Crippen molar-refractivity contribution in [3.05, 3.63) is 65.2 Å². The zero-order valence-corrected chi connectivity index (χ0v) is 16.7. The Labute approximate surface area is 161 Å². The summed E-state index contributed by atoms with van der Waals surface area (Å²) < 4.78 is 24.1. The first-order valence-electron chi connectivity index (χ1n) is 8.12. The molecule has 2 aromatic rings. The molecule has 0 saturated heterocycles. The number of halogens is 1. The molecule has 0 aliphatic heterocycles. The lowest BCUT2D eigenvalue weighted by Gasteiger charge is -2.14. The lowest BCUT2D eigenvalue weighted by Crippen LogP contribution is -2.27. The summed E-state index contributed by atoms with van der Waals surface area (Å²) in [7, 11) is -3.20. The monoisotopic (exact) mass is 396 g/mol. The smallest absolute Gasteiger partial charge is 0.245 e. The van der Waals surface area contributed by atoms with Crippen LogP contribution in [-0.2, 0) is 20.4 Å². The zero-order chi connectivity index (χ0) is 18.6. The van der Waals surface area contributed by atoms with Crippen LogP contribution in [0.2, 0.25) is 0 Å². The van der Waals surface area contributed by atoms with E-state index in [1.807, 2.05) is 31.2 Å². The van der Waals surface area contributed by atoms with Crippen molar-refractivity contribution in [3.63, 3.8) is 0 Å². The number of benzene rings is 2. The Morgan fingerprint density at radius 1 is 1.12 bits per heavy atom. The van der Waals surface area contributed by atoms with Gasteiger partial charge in [-0.3, -0.25) is 4.79 Å². The highest BCUT2D eigenvalue weighted by Gasteiger charge is 2.18. The number of aryl methyl sites for hydroxylation is 1. The van der Waals surface area contributed by atoms with Gasteiger partial charge in [-0.25, -0.2) is 8.42 Å². The average Bonchev–Trinajstić information content (AvgIpc) is 2.54. The summed E-state index contributed by atoms with van der Waals surface area (Å²) in [6, 6.07) is 13.5. The van der Waals surface area contributed by atoms with E-state index in [0.717, 1.165) is 11.1 Å². The number of carbonyl (C=O) groups is 1. The molecule has 3 N–H and O–H groups in total. The molecule has 1 amide bonds. The van der Waals surface area contributed by atoms with E-state index in [0.29, 0.717) is 11.3 Å². The van der Waals surface area contributed by atoms with E-state index < -0.39 is 21.1 Å². The van der Waals surface area contributed by atoms with Crippen molar-refractivity contribution in [2.75, 3.05) is 5.32 Å². The summed E-state index contributed by atoms with van der Waals surface area (Å²) >= 11 is 0. The number of hydrogen-bond donors (Lipinski definition) is 2. The number of nitrogens with two attached hydrogens (primary N) is 1. The molecular weight excluding hydrogens is 372 g/mol. The van der Waals surface area contributed by atoms with E-state index >= 15 is 0 Å². The summed E-state index contributed by atoms with van der Waals surface area (Å²) in [6.45, 7) is 5.27. The van der Waals surface area contributed by atoms with E-state index in [4.69, 9.17) is 5.73 Å². The molecule has 0 radical (unpaired) electrons. The summed E-state index contributed by atoms with van der Waals surface area (Å²) in [5, 5.41) is 2.31. The topological polar surface area (TPSA) is 89.3 Å². The zero-order valence-electron chi connectivity index (χ0n) is 15.1. The second-order valence-corrected chi connectivity index (χ2v) is 8.99. The predicted octanol–water partition coefficient (Wildman–Crippen LogP) is 3.38. The molecule has 7 heteroatoms. The normalized spacial score (nSPS) is 12.3. The third kappa shape index (κ3) is 5.83. The van der Waals surface area contributed by atoms with Crippen molar-refractivity contribution in [1.82, 2.24) is 0 Å². The van der Waals surface area contributed by atoms with E-state index in [1.54, 1.807) is 38.1 Å². The number of carbonyl (C=O) groups excluding carboxylic acids is 1. The molecule has 0 fully saturated rings. The number of sulfone groups is 1. The largest absolute Gasteiger partial charge is 0.324 e. The second kappa shape index (κ2) is 9.16. The molecule has 2 rings (SSSR count). The lowest BCUT2D eigenvalue weighted by atomic mass is 10.1. The Bertz CT molecular complexity index is 849. The maximum atomic E-state index is 12.3. The molecule has 0 spiro atoms. The van der Waals surface area contributed by atoms with E-state index in [2.05, 4.69) is 5.32 Å². The molecule has 142 valence electrons. The minimum absolute atomic E-state index is 0. The molecule has 2 aromatic carbocycles. The Balaban J connectivity index is 0.00000338. The minimum atomic E-state index is -3.20. The number of amides is 1. The molecular formula is C19H25ClN2O3S. The van der Waals surface area contributed by atoms with Crippen molar-refractivity contribution in [2.24, 2.45) is 5.73 Å². The van der Waals surface area contributed by atoms with Crippen LogP contribution in [0.15, 0.2) is 48.5 Å². The minimum Gasteiger partial charge on any atom is -0.324 e. The highest BCUT2D eigenvalue weighted by molar-refractivity contribution is 7.91. The first-order valence-corrected chi connectivity index (χ1v) is 9.84. The summed E-state index contributed by atoms with van der Waals surface area (Å²) in [6.07, 6.45) is 0. The van der Waals surface area contributed by atoms with Gasteiger partial charge in [-0.2, -0.15) is 0 Å². The second-order valence-electron chi connectivity index (χ2n) is 6.43. The van der Waals surface area contributed by atoms with Gasteiger partial charge in [0.25, 0.3) is 0 Å². The molecule has 0 heterocycles. The van der Waals surface area contributed by atoms with Crippen LogP contribution in [0.25, 0.3) is 0 Å². The standard InChI is InChI=1S/C19H24N2O3S.ClH/c1-13(2)25(23,24)12-15-5-4-6-17(11-15)21-19(22)18(20)16-9-7-14(3)8-10-16;/h4-11,13,18H,12,20H2,1-3H3,(H,21,22);1H. The number of hydrogen-bond acceptors (Lipinski definition) is 4. The fraction of sp³-hybridized carbons (Fsp3) is 0.316. The van der Waals surface area contributed by atoms with Crippen LogP contribution in [0.3, 0.4) is 0 Å². The third-order valence-corrected chi connectivity index (χ3v) is 6.17. The lowest BCUT2D eigenvalue weighted by molar-refractivity contribution is -0.117. The van der Waals surface area contributed by atoms with Gasteiger partial charge in [0.2, 0.25) is 5.91 Å². The molecule has 0 aromatic heterocycles. The fourth-order valence-electron chi connectivity index (χ4n) is 2.28. The van der Waals surface area contributed by atoms with Gasteiger partial charge in [-0.15, -0.1) is 12.4 Å². The summed E-state index contributed by atoms with van der Waals surface area (Å²) in [5.41, 5.74) is 8.99. The van der Waals surface area contributed by atoms with Gasteiger partial charge in [0.15, 0.2) is 9.84 Å². The Morgan fingerprint density at radius 3 is 2.31 bits per heavy atom. The van der Waals surface area contributed by atoms with Crippen molar-refractivity contribution in [1.29, 1.82) is 0 Å². The van der Waals surface area contributed by atoms with Crippen LogP contribution in [0, 0.1) is 6.92 Å². The van der Waals surface area contributed by atoms with Crippen molar-refractivity contribution >= 4 is 33.8 Å². The van der Waals surface area contributed by atoms with E-state index in [-0.39, 0.29) is 24.1 Å². The molecule has 1 unspecified atom stereocenters. The molecule has 26 heavy (non-hydrogen) atoms. The van der Waals surface area contributed by atoms with Crippen molar-refractivity contribution in [3.8, 4) is 0 Å². The molecule has 0 saturated carbocycles. The van der Waals surface area contributed by atoms with Gasteiger partial charge in [0.1, 0.15) is 6.04 Å². The highest BCUT2D eigenvalue weighted by atomic mass is 35.5. The summed E-state index contributed by atoms with van der Waals surface area (Å²) in [4.78, 5) is 12.3. The molecule has 1 atom stereocenters. The highest BCUT2D eigenvalue weighted by Crippen LogP contribution is 2.18. The van der Waals surface area contributed by atoms with E-state index in [1.165, 1.54) is 0 Å². The SMILES string of the molecule is Cc1ccc(C(N)C(=O)Nc2cccc(CS(=O)(=O)C(C)C)c2)cc1.Cl. The molecule has 5 nitrogen and oxygen atoms in total. The van der Waals surface area contributed by atoms with Crippen LogP contribution in [0.5, 0.6) is 0 Å². The van der Waals surface area contributed by atoms with Gasteiger partial charge in [0, 0.05) is 5.69 Å². The van der Waals surface area contributed by atoms with Gasteiger partial charge in [0.05, 0.1) is 11.0 Å². The number of anilines is 1. The first kappa shape index (κ1) is 22.2. The third-order valence-electron chi connectivity index (χ3n) is 4.00.